The number of sulfonamides is 1. The lowest BCUT2D eigenvalue weighted by molar-refractivity contribution is 0.0985. The average molecular weight is 588 g/mol. The fraction of sp³-hybridized carbons (Fsp3) is 0.286. The summed E-state index contributed by atoms with van der Waals surface area (Å²) < 4.78 is 38.9. The van der Waals surface area contributed by atoms with Crippen LogP contribution in [0.15, 0.2) is 71.6 Å². The highest BCUT2D eigenvalue weighted by Gasteiger charge is 2.26. The highest BCUT2D eigenvalue weighted by atomic mass is 35.5. The number of aromatic nitrogens is 1. The number of benzene rings is 3. The molecule has 0 fully saturated rings. The van der Waals surface area contributed by atoms with Gasteiger partial charge in [-0.3, -0.25) is 9.69 Å². The molecule has 4 aromatic rings. The monoisotopic (exact) mass is 587 g/mol. The number of carbonyl (C=O) groups is 1. The molecule has 8 nitrogen and oxygen atoms in total. The van der Waals surface area contributed by atoms with E-state index in [2.05, 4.69) is 0 Å². The fourth-order valence-electron chi connectivity index (χ4n) is 4.06. The number of ether oxygens (including phenoxy) is 2. The van der Waals surface area contributed by atoms with Crippen molar-refractivity contribution in [3.8, 4) is 0 Å². The van der Waals surface area contributed by atoms with Crippen LogP contribution in [0.5, 0.6) is 0 Å². The number of rotatable bonds is 12. The van der Waals surface area contributed by atoms with E-state index in [1.807, 2.05) is 49.4 Å². The van der Waals surface area contributed by atoms with Crippen molar-refractivity contribution < 1.29 is 22.7 Å². The van der Waals surface area contributed by atoms with E-state index in [0.717, 1.165) is 21.3 Å². The standard InChI is InChI=1S/C28H30ClN3O5S2/c1-20-17-23(29)18-25-26(20)30-28(38-25)32(19-21-7-5-4-6-8-21)27(33)22-9-11-24(12-10-22)39(34,35)31(13-15-36-2)14-16-37-3/h4-12,17-18H,13-16,19H2,1-3H3. The van der Waals surface area contributed by atoms with Crippen LogP contribution in [-0.4, -0.2) is 64.1 Å². The van der Waals surface area contributed by atoms with Gasteiger partial charge >= 0.3 is 0 Å². The topological polar surface area (TPSA) is 89.0 Å². The van der Waals surface area contributed by atoms with Crippen LogP contribution in [0.4, 0.5) is 5.13 Å². The molecule has 11 heteroatoms. The van der Waals surface area contributed by atoms with E-state index < -0.39 is 10.0 Å². The third kappa shape index (κ3) is 6.84. The summed E-state index contributed by atoms with van der Waals surface area (Å²) in [4.78, 5) is 20.3. The first-order valence-electron chi connectivity index (χ1n) is 12.2. The van der Waals surface area contributed by atoms with E-state index in [0.29, 0.717) is 22.3 Å². The van der Waals surface area contributed by atoms with Gasteiger partial charge in [-0.15, -0.1) is 0 Å². The summed E-state index contributed by atoms with van der Waals surface area (Å²) in [6.45, 7) is 3.11. The van der Waals surface area contributed by atoms with Crippen LogP contribution in [0.2, 0.25) is 5.02 Å². The second kappa shape index (κ2) is 13.0. The Balaban J connectivity index is 1.67. The summed E-state index contributed by atoms with van der Waals surface area (Å²) >= 11 is 7.65. The maximum absolute atomic E-state index is 13.8. The number of nitrogens with zero attached hydrogens (tertiary/aromatic N) is 3. The average Bonchev–Trinajstić information content (AvgIpc) is 3.36. The summed E-state index contributed by atoms with van der Waals surface area (Å²) in [5.41, 5.74) is 3.00. The molecular weight excluding hydrogens is 558 g/mol. The van der Waals surface area contributed by atoms with Crippen molar-refractivity contribution >= 4 is 54.2 Å². The molecule has 1 amide bonds. The lowest BCUT2D eigenvalue weighted by Gasteiger charge is -2.22. The minimum absolute atomic E-state index is 0.0890. The number of methoxy groups -OCH3 is 2. The predicted molar refractivity (Wildman–Crippen MR) is 155 cm³/mol. The fourth-order valence-corrected chi connectivity index (χ4v) is 6.89. The zero-order valence-corrected chi connectivity index (χ0v) is 24.4. The van der Waals surface area contributed by atoms with Gasteiger partial charge in [0.25, 0.3) is 5.91 Å². The minimum atomic E-state index is -3.81. The molecule has 0 spiro atoms. The Kier molecular flexibility index (Phi) is 9.71. The quantitative estimate of drug-likeness (QED) is 0.221. The van der Waals surface area contributed by atoms with Crippen molar-refractivity contribution in [3.05, 3.63) is 88.4 Å². The van der Waals surface area contributed by atoms with Gasteiger partial charge in [0.2, 0.25) is 10.0 Å². The van der Waals surface area contributed by atoms with E-state index in [1.54, 1.807) is 4.90 Å². The third-order valence-corrected chi connectivity index (χ3v) is 9.28. The summed E-state index contributed by atoms with van der Waals surface area (Å²) in [6, 6.07) is 19.3. The minimum Gasteiger partial charge on any atom is -0.383 e. The highest BCUT2D eigenvalue weighted by molar-refractivity contribution is 7.89. The molecule has 0 radical (unpaired) electrons. The van der Waals surface area contributed by atoms with Crippen molar-refractivity contribution in [3.63, 3.8) is 0 Å². The van der Waals surface area contributed by atoms with Crippen molar-refractivity contribution in [1.82, 2.24) is 9.29 Å². The normalized spacial score (nSPS) is 11.8. The predicted octanol–water partition coefficient (Wildman–Crippen LogP) is 5.39. The third-order valence-electron chi connectivity index (χ3n) is 6.13. The zero-order valence-electron chi connectivity index (χ0n) is 22.0. The summed E-state index contributed by atoms with van der Waals surface area (Å²) in [6.07, 6.45) is 0. The number of hydrogen-bond donors (Lipinski definition) is 0. The summed E-state index contributed by atoms with van der Waals surface area (Å²) in [5.74, 6) is -0.291. The number of hydrogen-bond acceptors (Lipinski definition) is 7. The molecule has 0 aliphatic carbocycles. The number of thiazole rings is 1. The molecule has 0 N–H and O–H groups in total. The number of aryl methyl sites for hydroxylation is 1. The van der Waals surface area contributed by atoms with E-state index in [9.17, 15) is 13.2 Å². The molecule has 0 unspecified atom stereocenters. The van der Waals surface area contributed by atoms with Crippen molar-refractivity contribution in [2.75, 3.05) is 45.4 Å². The molecule has 3 aromatic carbocycles. The van der Waals surface area contributed by atoms with Gasteiger partial charge in [0.1, 0.15) is 0 Å². The van der Waals surface area contributed by atoms with E-state index >= 15 is 0 Å². The molecule has 0 saturated carbocycles. The van der Waals surface area contributed by atoms with Gasteiger partial charge in [-0.2, -0.15) is 4.31 Å². The van der Waals surface area contributed by atoms with E-state index in [1.165, 1.54) is 54.1 Å². The molecule has 1 heterocycles. The van der Waals surface area contributed by atoms with Crippen LogP contribution >= 0.6 is 22.9 Å². The molecule has 39 heavy (non-hydrogen) atoms. The highest BCUT2D eigenvalue weighted by Crippen LogP contribution is 2.34. The Morgan fingerprint density at radius 2 is 1.62 bits per heavy atom. The van der Waals surface area contributed by atoms with E-state index in [4.69, 9.17) is 26.1 Å². The Hall–Kier alpha value is -2.86. The van der Waals surface area contributed by atoms with Crippen molar-refractivity contribution in [1.29, 1.82) is 0 Å². The van der Waals surface area contributed by atoms with Crippen LogP contribution in [-0.2, 0) is 26.0 Å². The van der Waals surface area contributed by atoms with Crippen molar-refractivity contribution in [2.24, 2.45) is 0 Å². The maximum Gasteiger partial charge on any atom is 0.260 e. The first-order valence-corrected chi connectivity index (χ1v) is 14.9. The Morgan fingerprint density at radius 1 is 0.974 bits per heavy atom. The summed E-state index contributed by atoms with van der Waals surface area (Å²) in [7, 11) is -0.774. The lowest BCUT2D eigenvalue weighted by Crippen LogP contribution is -2.36. The van der Waals surface area contributed by atoms with Crippen LogP contribution in [0.3, 0.4) is 0 Å². The summed E-state index contributed by atoms with van der Waals surface area (Å²) in [5, 5.41) is 1.14. The Morgan fingerprint density at radius 3 is 2.23 bits per heavy atom. The van der Waals surface area contributed by atoms with Gasteiger partial charge in [-0.05, 0) is 54.4 Å². The molecule has 206 valence electrons. The van der Waals surface area contributed by atoms with E-state index in [-0.39, 0.29) is 37.1 Å². The van der Waals surface area contributed by atoms with Crippen LogP contribution in [0, 0.1) is 6.92 Å². The van der Waals surface area contributed by atoms with Gasteiger partial charge in [-0.25, -0.2) is 13.4 Å². The first-order chi connectivity index (χ1) is 18.7. The first kappa shape index (κ1) is 29.1. The maximum atomic E-state index is 13.8. The number of amides is 1. The zero-order chi connectivity index (χ0) is 28.0. The molecule has 0 aliphatic rings. The number of carbonyl (C=O) groups excluding carboxylic acids is 1. The molecule has 4 rings (SSSR count). The van der Waals surface area contributed by atoms with Gasteiger partial charge in [0.15, 0.2) is 5.13 Å². The van der Waals surface area contributed by atoms with Gasteiger partial charge < -0.3 is 9.47 Å². The lowest BCUT2D eigenvalue weighted by atomic mass is 10.1. The molecule has 1 aromatic heterocycles. The SMILES string of the molecule is COCCN(CCOC)S(=O)(=O)c1ccc(C(=O)N(Cc2ccccc2)c2nc3c(C)cc(Cl)cc3s2)cc1. The second-order valence-corrected chi connectivity index (χ2v) is 12.2. The van der Waals surface area contributed by atoms with Gasteiger partial charge in [0.05, 0.1) is 34.9 Å². The molecular formula is C28H30ClN3O5S2. The molecule has 0 aliphatic heterocycles. The smallest absolute Gasteiger partial charge is 0.260 e. The second-order valence-electron chi connectivity index (χ2n) is 8.86. The number of anilines is 1. The van der Waals surface area contributed by atoms with Crippen LogP contribution < -0.4 is 4.90 Å². The largest absolute Gasteiger partial charge is 0.383 e. The Labute approximate surface area is 237 Å². The molecule has 0 saturated heterocycles. The Bertz CT molecular complexity index is 1520. The molecule has 0 bridgehead atoms. The van der Waals surface area contributed by atoms with Gasteiger partial charge in [0, 0.05) is 37.9 Å². The number of halogens is 1. The molecule has 0 atom stereocenters. The van der Waals surface area contributed by atoms with Crippen LogP contribution in [0.25, 0.3) is 10.2 Å². The number of fused-ring (bicyclic) bond motifs is 1. The van der Waals surface area contributed by atoms with Crippen molar-refractivity contribution in [2.45, 2.75) is 18.4 Å². The van der Waals surface area contributed by atoms with Crippen LogP contribution in [0.1, 0.15) is 21.5 Å². The van der Waals surface area contributed by atoms with Gasteiger partial charge in [-0.1, -0.05) is 53.3 Å².